The summed E-state index contributed by atoms with van der Waals surface area (Å²) in [6, 6.07) is 0.285. The summed E-state index contributed by atoms with van der Waals surface area (Å²) in [5, 5.41) is 0. The van der Waals surface area contributed by atoms with Crippen molar-refractivity contribution in [2.75, 3.05) is 6.54 Å². The molecule has 0 aliphatic carbocycles. The largest absolute Gasteiger partial charge is 0.293 e. The Hall–Kier alpha value is -0.610. The first-order valence-electron chi connectivity index (χ1n) is 6.75. The molecule has 0 spiro atoms. The highest BCUT2D eigenvalue weighted by molar-refractivity contribution is 5.81. The Labute approximate surface area is 106 Å². The zero-order valence-electron chi connectivity index (χ0n) is 12.0. The molecular formula is C13H29N3O. The van der Waals surface area contributed by atoms with Gasteiger partial charge in [0, 0.05) is 6.04 Å². The van der Waals surface area contributed by atoms with E-state index in [9.17, 15) is 4.79 Å². The Morgan fingerprint density at radius 3 is 2.24 bits per heavy atom. The lowest BCUT2D eigenvalue weighted by Gasteiger charge is -2.37. The molecule has 0 aliphatic rings. The van der Waals surface area contributed by atoms with Crippen LogP contribution in [0.1, 0.15) is 53.9 Å². The molecule has 2 atom stereocenters. The lowest BCUT2D eigenvalue weighted by atomic mass is 9.98. The molecule has 0 aromatic carbocycles. The van der Waals surface area contributed by atoms with Crippen LogP contribution >= 0.6 is 0 Å². The van der Waals surface area contributed by atoms with Crippen molar-refractivity contribution in [3.63, 3.8) is 0 Å². The highest BCUT2D eigenvalue weighted by atomic mass is 16.2. The van der Waals surface area contributed by atoms with Crippen LogP contribution in [0, 0.1) is 5.92 Å². The van der Waals surface area contributed by atoms with E-state index in [1.165, 1.54) is 0 Å². The molecule has 0 aromatic heterocycles. The van der Waals surface area contributed by atoms with E-state index in [0.717, 1.165) is 25.8 Å². The van der Waals surface area contributed by atoms with E-state index in [0.29, 0.717) is 6.04 Å². The van der Waals surface area contributed by atoms with Gasteiger partial charge in [0.15, 0.2) is 0 Å². The van der Waals surface area contributed by atoms with E-state index < -0.39 is 0 Å². The van der Waals surface area contributed by atoms with E-state index in [-0.39, 0.29) is 17.9 Å². The Morgan fingerprint density at radius 1 is 1.29 bits per heavy atom. The number of nitrogens with zero attached hydrogens (tertiary/aromatic N) is 1. The Kier molecular flexibility index (Phi) is 8.17. The van der Waals surface area contributed by atoms with Gasteiger partial charge >= 0.3 is 0 Å². The van der Waals surface area contributed by atoms with E-state index in [1.807, 2.05) is 0 Å². The van der Waals surface area contributed by atoms with E-state index >= 15 is 0 Å². The molecule has 0 bridgehead atoms. The number of hydrogen-bond acceptors (Lipinski definition) is 3. The van der Waals surface area contributed by atoms with Crippen molar-refractivity contribution < 1.29 is 4.79 Å². The molecular weight excluding hydrogens is 214 g/mol. The van der Waals surface area contributed by atoms with Gasteiger partial charge in [-0.05, 0) is 32.2 Å². The first-order valence-corrected chi connectivity index (χ1v) is 6.75. The van der Waals surface area contributed by atoms with E-state index in [4.69, 9.17) is 5.84 Å². The normalized spacial score (nSPS) is 15.1. The number of unbranched alkanes of at least 4 members (excludes halogenated alkanes) is 1. The minimum absolute atomic E-state index is 0.0728. The van der Waals surface area contributed by atoms with Gasteiger partial charge in [-0.3, -0.25) is 15.1 Å². The maximum absolute atomic E-state index is 11.9. The van der Waals surface area contributed by atoms with Crippen LogP contribution in [0.3, 0.4) is 0 Å². The van der Waals surface area contributed by atoms with Crippen LogP contribution in [0.15, 0.2) is 0 Å². The van der Waals surface area contributed by atoms with Crippen molar-refractivity contribution in [3.8, 4) is 0 Å². The van der Waals surface area contributed by atoms with E-state index in [2.05, 4.69) is 44.9 Å². The molecule has 4 nitrogen and oxygen atoms in total. The highest BCUT2D eigenvalue weighted by Gasteiger charge is 2.30. The van der Waals surface area contributed by atoms with Gasteiger partial charge in [0.2, 0.25) is 0 Å². The van der Waals surface area contributed by atoms with Gasteiger partial charge in [-0.25, -0.2) is 5.84 Å². The van der Waals surface area contributed by atoms with Gasteiger partial charge < -0.3 is 0 Å². The first-order chi connectivity index (χ1) is 7.99. The van der Waals surface area contributed by atoms with Crippen molar-refractivity contribution in [2.45, 2.75) is 66.0 Å². The summed E-state index contributed by atoms with van der Waals surface area (Å²) in [5.74, 6) is 5.49. The number of nitrogens with two attached hydrogens (primary N) is 1. The van der Waals surface area contributed by atoms with Crippen LogP contribution in [0.4, 0.5) is 0 Å². The molecule has 0 heterocycles. The van der Waals surface area contributed by atoms with Crippen LogP contribution in [-0.4, -0.2) is 29.4 Å². The summed E-state index contributed by atoms with van der Waals surface area (Å²) in [7, 11) is 0. The number of rotatable bonds is 8. The summed E-state index contributed by atoms with van der Waals surface area (Å²) in [5.41, 5.74) is 2.30. The summed E-state index contributed by atoms with van der Waals surface area (Å²) < 4.78 is 0. The zero-order chi connectivity index (χ0) is 13.4. The van der Waals surface area contributed by atoms with Crippen molar-refractivity contribution >= 4 is 5.91 Å². The van der Waals surface area contributed by atoms with Crippen LogP contribution in [0.2, 0.25) is 0 Å². The maximum atomic E-state index is 11.9. The van der Waals surface area contributed by atoms with Gasteiger partial charge in [-0.15, -0.1) is 0 Å². The summed E-state index contributed by atoms with van der Waals surface area (Å²) in [6.45, 7) is 11.6. The molecule has 0 aromatic rings. The number of carbonyl (C=O) groups excluding carboxylic acids is 1. The van der Waals surface area contributed by atoms with Crippen LogP contribution in [0.5, 0.6) is 0 Å². The number of nitrogens with one attached hydrogen (secondary N) is 1. The summed E-state index contributed by atoms with van der Waals surface area (Å²) in [4.78, 5) is 14.2. The van der Waals surface area contributed by atoms with Gasteiger partial charge in [0.05, 0.1) is 6.04 Å². The molecule has 0 saturated carbocycles. The fraction of sp³-hybridized carbons (Fsp3) is 0.923. The van der Waals surface area contributed by atoms with Gasteiger partial charge in [-0.1, -0.05) is 34.1 Å². The molecule has 4 heteroatoms. The van der Waals surface area contributed by atoms with Crippen LogP contribution < -0.4 is 11.3 Å². The fourth-order valence-corrected chi connectivity index (χ4v) is 2.13. The SMILES string of the molecule is CCCCN(C(C)CC)C(C(=O)NN)C(C)C. The first kappa shape index (κ1) is 16.4. The van der Waals surface area contributed by atoms with Crippen molar-refractivity contribution in [2.24, 2.45) is 11.8 Å². The van der Waals surface area contributed by atoms with E-state index in [1.54, 1.807) is 0 Å². The molecule has 0 fully saturated rings. The van der Waals surface area contributed by atoms with Crippen molar-refractivity contribution in [3.05, 3.63) is 0 Å². The van der Waals surface area contributed by atoms with Gasteiger partial charge in [-0.2, -0.15) is 0 Å². The van der Waals surface area contributed by atoms with Crippen molar-refractivity contribution in [1.82, 2.24) is 10.3 Å². The third-order valence-corrected chi connectivity index (χ3v) is 3.33. The number of hydrogen-bond donors (Lipinski definition) is 2. The lowest BCUT2D eigenvalue weighted by Crippen LogP contribution is -2.54. The van der Waals surface area contributed by atoms with Crippen LogP contribution in [-0.2, 0) is 4.79 Å². The monoisotopic (exact) mass is 243 g/mol. The second kappa shape index (κ2) is 8.48. The predicted octanol–water partition coefficient (Wildman–Crippen LogP) is 1.90. The lowest BCUT2D eigenvalue weighted by molar-refractivity contribution is -0.129. The third-order valence-electron chi connectivity index (χ3n) is 3.33. The summed E-state index contributed by atoms with van der Waals surface area (Å²) >= 11 is 0. The molecule has 17 heavy (non-hydrogen) atoms. The number of amides is 1. The fourth-order valence-electron chi connectivity index (χ4n) is 2.13. The van der Waals surface area contributed by atoms with Crippen LogP contribution in [0.25, 0.3) is 0 Å². The molecule has 0 rings (SSSR count). The standard InChI is InChI=1S/C13H29N3O/c1-6-8-9-16(11(5)7-2)12(10(3)4)13(17)15-14/h10-12H,6-9,14H2,1-5H3,(H,15,17). The summed E-state index contributed by atoms with van der Waals surface area (Å²) in [6.07, 6.45) is 3.30. The Balaban J connectivity index is 4.86. The second-order valence-electron chi connectivity index (χ2n) is 5.05. The van der Waals surface area contributed by atoms with Gasteiger partial charge in [0.1, 0.15) is 0 Å². The molecule has 0 saturated heterocycles. The molecule has 1 amide bonds. The Bertz CT molecular complexity index is 219. The predicted molar refractivity (Wildman–Crippen MR) is 72.3 cm³/mol. The van der Waals surface area contributed by atoms with Crippen molar-refractivity contribution in [1.29, 1.82) is 0 Å². The zero-order valence-corrected chi connectivity index (χ0v) is 12.0. The molecule has 0 radical (unpaired) electrons. The highest BCUT2D eigenvalue weighted by Crippen LogP contribution is 2.17. The minimum atomic E-state index is -0.124. The smallest absolute Gasteiger partial charge is 0.251 e. The number of carbonyl (C=O) groups is 1. The quantitative estimate of drug-likeness (QED) is 0.389. The molecule has 2 unspecified atom stereocenters. The second-order valence-corrected chi connectivity index (χ2v) is 5.05. The average Bonchev–Trinajstić information content (AvgIpc) is 2.32. The molecule has 3 N–H and O–H groups in total. The number of hydrazine groups is 1. The van der Waals surface area contributed by atoms with Gasteiger partial charge in [0.25, 0.3) is 5.91 Å². The average molecular weight is 243 g/mol. The topological polar surface area (TPSA) is 58.4 Å². The molecule has 0 aliphatic heterocycles. The maximum Gasteiger partial charge on any atom is 0.251 e. The third kappa shape index (κ3) is 5.04. The Morgan fingerprint density at radius 2 is 1.88 bits per heavy atom. The minimum Gasteiger partial charge on any atom is -0.293 e. The molecule has 102 valence electrons.